The molecule has 142 valence electrons. The standard InChI is InChI=1S/C19H22N4O4/c1-21-12-15(14-4-3-13(18(24)25)11-16(14)21)17(19(26)27)23-9-7-22(8-10-23)6-2-5-20/h3-4,11-12,17H,2,6-10H2,1H3,(H,24,25)(H,26,27)/t17-/m0/s1. The van der Waals surface area contributed by atoms with Crippen LogP contribution in [0.1, 0.15) is 28.4 Å². The van der Waals surface area contributed by atoms with Gasteiger partial charge < -0.3 is 14.8 Å². The van der Waals surface area contributed by atoms with Gasteiger partial charge in [-0.15, -0.1) is 0 Å². The van der Waals surface area contributed by atoms with Gasteiger partial charge in [0.15, 0.2) is 0 Å². The first-order chi connectivity index (χ1) is 12.9. The fourth-order valence-corrected chi connectivity index (χ4v) is 3.71. The summed E-state index contributed by atoms with van der Waals surface area (Å²) in [5.74, 6) is -1.93. The summed E-state index contributed by atoms with van der Waals surface area (Å²) in [6.45, 7) is 3.35. The van der Waals surface area contributed by atoms with Gasteiger partial charge in [0, 0.05) is 68.9 Å². The fraction of sp³-hybridized carbons (Fsp3) is 0.421. The molecule has 0 aliphatic carbocycles. The van der Waals surface area contributed by atoms with Crippen molar-refractivity contribution in [2.24, 2.45) is 7.05 Å². The summed E-state index contributed by atoms with van der Waals surface area (Å²) in [5, 5.41) is 28.6. The van der Waals surface area contributed by atoms with Gasteiger partial charge in [0.1, 0.15) is 6.04 Å². The van der Waals surface area contributed by atoms with Crippen LogP contribution in [0.15, 0.2) is 24.4 Å². The van der Waals surface area contributed by atoms with E-state index in [0.29, 0.717) is 37.1 Å². The van der Waals surface area contributed by atoms with Gasteiger partial charge in [0.25, 0.3) is 0 Å². The summed E-state index contributed by atoms with van der Waals surface area (Å²) in [4.78, 5) is 27.4. The number of carbonyl (C=O) groups is 2. The number of nitrogens with zero attached hydrogens (tertiary/aromatic N) is 4. The third-order valence-corrected chi connectivity index (χ3v) is 5.11. The minimum atomic E-state index is -1.01. The maximum atomic E-state index is 12.1. The molecule has 1 aromatic heterocycles. The van der Waals surface area contributed by atoms with Crippen LogP contribution < -0.4 is 0 Å². The molecule has 27 heavy (non-hydrogen) atoms. The highest BCUT2D eigenvalue weighted by molar-refractivity contribution is 5.96. The lowest BCUT2D eigenvalue weighted by Crippen LogP contribution is -2.49. The molecule has 1 aliphatic rings. The first-order valence-electron chi connectivity index (χ1n) is 8.81. The molecule has 8 heteroatoms. The van der Waals surface area contributed by atoms with Crippen molar-refractivity contribution in [2.45, 2.75) is 12.5 Å². The highest BCUT2D eigenvalue weighted by Gasteiger charge is 2.32. The highest BCUT2D eigenvalue weighted by atomic mass is 16.4. The van der Waals surface area contributed by atoms with Crippen molar-refractivity contribution in [3.05, 3.63) is 35.5 Å². The zero-order chi connectivity index (χ0) is 19.6. The molecule has 0 bridgehead atoms. The van der Waals surface area contributed by atoms with Crippen LogP contribution in [0.25, 0.3) is 10.9 Å². The lowest BCUT2D eigenvalue weighted by Gasteiger charge is -2.37. The molecule has 1 saturated heterocycles. The molecule has 1 atom stereocenters. The van der Waals surface area contributed by atoms with Gasteiger partial charge in [-0.05, 0) is 12.1 Å². The SMILES string of the molecule is Cn1cc([C@@H](C(=O)O)N2CCN(CCC#N)CC2)c2ccc(C(=O)O)cc21. The minimum absolute atomic E-state index is 0.174. The van der Waals surface area contributed by atoms with Gasteiger partial charge in [-0.25, -0.2) is 4.79 Å². The number of piperazine rings is 1. The smallest absolute Gasteiger partial charge is 0.335 e. The van der Waals surface area contributed by atoms with Gasteiger partial charge in [-0.3, -0.25) is 14.6 Å². The van der Waals surface area contributed by atoms with Crippen molar-refractivity contribution >= 4 is 22.8 Å². The van der Waals surface area contributed by atoms with Gasteiger partial charge in [0.05, 0.1) is 11.6 Å². The number of aryl methyl sites for hydroxylation is 1. The number of hydrogen-bond acceptors (Lipinski definition) is 5. The summed E-state index contributed by atoms with van der Waals surface area (Å²) in [6, 6.07) is 6.11. The fourth-order valence-electron chi connectivity index (χ4n) is 3.71. The Morgan fingerprint density at radius 1 is 1.22 bits per heavy atom. The van der Waals surface area contributed by atoms with Crippen LogP contribution in [-0.2, 0) is 11.8 Å². The summed E-state index contributed by atoms with van der Waals surface area (Å²) >= 11 is 0. The van der Waals surface area contributed by atoms with E-state index in [9.17, 15) is 19.8 Å². The maximum Gasteiger partial charge on any atom is 0.335 e. The molecule has 1 fully saturated rings. The highest BCUT2D eigenvalue weighted by Crippen LogP contribution is 2.31. The number of aromatic carboxylic acids is 1. The number of nitriles is 1. The number of benzene rings is 1. The molecule has 0 amide bonds. The second kappa shape index (κ2) is 7.78. The average Bonchev–Trinajstić information content (AvgIpc) is 2.97. The van der Waals surface area contributed by atoms with Crippen molar-refractivity contribution in [1.29, 1.82) is 5.26 Å². The van der Waals surface area contributed by atoms with E-state index in [-0.39, 0.29) is 5.56 Å². The van der Waals surface area contributed by atoms with Gasteiger partial charge >= 0.3 is 11.9 Å². The number of aliphatic carboxylic acids is 1. The molecular formula is C19H22N4O4. The Labute approximate surface area is 156 Å². The molecule has 2 N–H and O–H groups in total. The summed E-state index contributed by atoms with van der Waals surface area (Å²) < 4.78 is 1.77. The Morgan fingerprint density at radius 2 is 1.93 bits per heavy atom. The number of fused-ring (bicyclic) bond motifs is 1. The van der Waals surface area contributed by atoms with Gasteiger partial charge in [-0.2, -0.15) is 5.26 Å². The van der Waals surface area contributed by atoms with Crippen LogP contribution in [0.5, 0.6) is 0 Å². The van der Waals surface area contributed by atoms with Crippen molar-refractivity contribution in [3.8, 4) is 6.07 Å². The lowest BCUT2D eigenvalue weighted by molar-refractivity contribution is -0.144. The first-order valence-corrected chi connectivity index (χ1v) is 8.81. The second-order valence-corrected chi connectivity index (χ2v) is 6.76. The van der Waals surface area contributed by atoms with Crippen LogP contribution in [0.3, 0.4) is 0 Å². The van der Waals surface area contributed by atoms with Crippen molar-refractivity contribution < 1.29 is 19.8 Å². The van der Waals surface area contributed by atoms with Crippen LogP contribution >= 0.6 is 0 Å². The van der Waals surface area contributed by atoms with E-state index in [0.717, 1.165) is 18.5 Å². The summed E-state index contributed by atoms with van der Waals surface area (Å²) in [6.07, 6.45) is 2.24. The molecular weight excluding hydrogens is 348 g/mol. The van der Waals surface area contributed by atoms with Crippen LogP contribution in [0, 0.1) is 11.3 Å². The van der Waals surface area contributed by atoms with E-state index in [2.05, 4.69) is 11.0 Å². The Kier molecular flexibility index (Phi) is 5.44. The van der Waals surface area contributed by atoms with Crippen LogP contribution in [-0.4, -0.2) is 69.2 Å². The third-order valence-electron chi connectivity index (χ3n) is 5.11. The quantitative estimate of drug-likeness (QED) is 0.793. The average molecular weight is 370 g/mol. The lowest BCUT2D eigenvalue weighted by atomic mass is 10.0. The maximum absolute atomic E-state index is 12.1. The number of rotatable bonds is 6. The zero-order valence-electron chi connectivity index (χ0n) is 15.1. The third kappa shape index (κ3) is 3.79. The van der Waals surface area contributed by atoms with E-state index >= 15 is 0 Å². The van der Waals surface area contributed by atoms with E-state index in [1.54, 1.807) is 29.9 Å². The van der Waals surface area contributed by atoms with Crippen molar-refractivity contribution in [3.63, 3.8) is 0 Å². The van der Waals surface area contributed by atoms with E-state index in [1.165, 1.54) is 6.07 Å². The normalized spacial score (nSPS) is 16.9. The van der Waals surface area contributed by atoms with E-state index in [4.69, 9.17) is 5.26 Å². The Bertz CT molecular complexity index is 906. The van der Waals surface area contributed by atoms with E-state index in [1.807, 2.05) is 4.90 Å². The molecule has 0 saturated carbocycles. The molecule has 2 aromatic rings. The topological polar surface area (TPSA) is 110 Å². The summed E-state index contributed by atoms with van der Waals surface area (Å²) in [5.41, 5.74) is 1.54. The zero-order valence-corrected chi connectivity index (χ0v) is 15.1. The number of hydrogen-bond donors (Lipinski definition) is 2. The minimum Gasteiger partial charge on any atom is -0.480 e. The number of carboxylic acid groups (broad SMARTS) is 2. The predicted molar refractivity (Wildman–Crippen MR) is 98.5 cm³/mol. The van der Waals surface area contributed by atoms with Gasteiger partial charge in [0.2, 0.25) is 0 Å². The molecule has 0 spiro atoms. The van der Waals surface area contributed by atoms with Gasteiger partial charge in [-0.1, -0.05) is 6.07 Å². The molecule has 2 heterocycles. The Balaban J connectivity index is 1.89. The molecule has 3 rings (SSSR count). The molecule has 1 aliphatic heterocycles. The number of aromatic nitrogens is 1. The largest absolute Gasteiger partial charge is 0.480 e. The van der Waals surface area contributed by atoms with Crippen molar-refractivity contribution in [2.75, 3.05) is 32.7 Å². The summed E-state index contributed by atoms with van der Waals surface area (Å²) in [7, 11) is 1.79. The van der Waals surface area contributed by atoms with Crippen LogP contribution in [0.2, 0.25) is 0 Å². The number of carboxylic acids is 2. The molecule has 0 radical (unpaired) electrons. The second-order valence-electron chi connectivity index (χ2n) is 6.76. The van der Waals surface area contributed by atoms with Crippen LogP contribution in [0.4, 0.5) is 0 Å². The Morgan fingerprint density at radius 3 is 2.52 bits per heavy atom. The monoisotopic (exact) mass is 370 g/mol. The predicted octanol–water partition coefficient (Wildman–Crippen LogP) is 1.53. The Hall–Kier alpha value is -2.89. The molecule has 8 nitrogen and oxygen atoms in total. The molecule has 0 unspecified atom stereocenters. The van der Waals surface area contributed by atoms with E-state index < -0.39 is 18.0 Å². The molecule has 1 aromatic carbocycles. The van der Waals surface area contributed by atoms with Crippen molar-refractivity contribution in [1.82, 2.24) is 14.4 Å². The first kappa shape index (κ1) is 18.9.